The van der Waals surface area contributed by atoms with Gasteiger partial charge in [-0.3, -0.25) is 6.08 Å². The molecule has 252 valence electrons. The van der Waals surface area contributed by atoms with Crippen molar-refractivity contribution in [2.24, 2.45) is 0 Å². The van der Waals surface area contributed by atoms with Gasteiger partial charge in [0, 0.05) is 0 Å². The predicted octanol–water partition coefficient (Wildman–Crippen LogP) is 12.9. The Morgan fingerprint density at radius 2 is 1.19 bits per heavy atom. The van der Waals surface area contributed by atoms with Crippen molar-refractivity contribution in [3.05, 3.63) is 154 Å². The Bertz CT molecular complexity index is 1570. The summed E-state index contributed by atoms with van der Waals surface area (Å²) < 4.78 is 1.43. The van der Waals surface area contributed by atoms with E-state index in [0.29, 0.717) is 11.8 Å². The molecule has 3 heteroatoms. The largest absolute Gasteiger partial charge is 0.273 e. The van der Waals surface area contributed by atoms with Crippen LogP contribution in [-0.4, -0.2) is 3.21 Å². The Kier molecular flexibility index (Phi) is 15.8. The van der Waals surface area contributed by atoms with Crippen LogP contribution < -0.4 is 0 Å². The first-order valence-corrected chi connectivity index (χ1v) is 18.1. The zero-order valence-electron chi connectivity index (χ0n) is 30.6. The van der Waals surface area contributed by atoms with Crippen LogP contribution in [0.25, 0.3) is 11.1 Å². The van der Waals surface area contributed by atoms with E-state index in [1.807, 2.05) is 12.2 Å². The molecule has 0 fully saturated rings. The van der Waals surface area contributed by atoms with Crippen molar-refractivity contribution in [3.63, 3.8) is 0 Å². The van der Waals surface area contributed by atoms with E-state index in [2.05, 4.69) is 166 Å². The number of halogens is 2. The molecular weight excluding hydrogens is 703 g/mol. The van der Waals surface area contributed by atoms with Gasteiger partial charge in [0.15, 0.2) is 0 Å². The fourth-order valence-electron chi connectivity index (χ4n) is 5.60. The summed E-state index contributed by atoms with van der Waals surface area (Å²) in [4.78, 5) is 0. The molecule has 2 aliphatic rings. The van der Waals surface area contributed by atoms with Crippen molar-refractivity contribution >= 4 is 28.0 Å². The summed E-state index contributed by atoms with van der Waals surface area (Å²) >= 11 is 1.47. The Balaban J connectivity index is 0.000000281. The molecule has 0 spiro atoms. The Morgan fingerprint density at radius 3 is 1.58 bits per heavy atom. The Labute approximate surface area is 319 Å². The van der Waals surface area contributed by atoms with Gasteiger partial charge in [0.1, 0.15) is 0 Å². The van der Waals surface area contributed by atoms with Crippen LogP contribution in [0, 0.1) is 12.1 Å². The molecule has 0 saturated heterocycles. The molecule has 0 unspecified atom stereocenters. The van der Waals surface area contributed by atoms with Crippen LogP contribution in [0.1, 0.15) is 132 Å². The summed E-state index contributed by atoms with van der Waals surface area (Å²) in [5, 5.41) is 0. The van der Waals surface area contributed by atoms with Gasteiger partial charge in [-0.2, -0.15) is 29.8 Å². The second kappa shape index (κ2) is 18.1. The number of benzene rings is 4. The minimum Gasteiger partial charge on any atom is -0.273 e. The molecule has 0 N–H and O–H groups in total. The summed E-state index contributed by atoms with van der Waals surface area (Å²) in [5.74, 6) is 1.20. The van der Waals surface area contributed by atoms with Crippen molar-refractivity contribution < 1.29 is 24.2 Å². The third-order valence-corrected chi connectivity index (χ3v) is 10.2. The van der Waals surface area contributed by atoms with Crippen LogP contribution in [0.4, 0.5) is 0 Å². The van der Waals surface area contributed by atoms with E-state index >= 15 is 0 Å². The van der Waals surface area contributed by atoms with E-state index in [4.69, 9.17) is 0 Å². The molecule has 0 atom stereocenters. The number of allylic oxidation sites excluding steroid dienone is 4. The molecule has 4 aromatic carbocycles. The van der Waals surface area contributed by atoms with Crippen LogP contribution in [0.2, 0.25) is 0 Å². The zero-order chi connectivity index (χ0) is 33.6. The molecular formula is C45H54Cl2Zr. The van der Waals surface area contributed by atoms with E-state index in [1.165, 1.54) is 83.1 Å². The zero-order valence-corrected chi connectivity index (χ0v) is 34.7. The van der Waals surface area contributed by atoms with Crippen molar-refractivity contribution in [2.75, 3.05) is 0 Å². The molecule has 0 radical (unpaired) electrons. The monoisotopic (exact) mass is 754 g/mol. The third-order valence-electron chi connectivity index (χ3n) is 8.78. The number of fused-ring (bicyclic) bond motifs is 3. The van der Waals surface area contributed by atoms with Gasteiger partial charge in [0.2, 0.25) is 0 Å². The molecule has 0 bridgehead atoms. The van der Waals surface area contributed by atoms with Gasteiger partial charge in [-0.1, -0.05) is 65.3 Å². The quantitative estimate of drug-likeness (QED) is 0.160. The second-order valence-electron chi connectivity index (χ2n) is 15.2. The molecule has 2 aliphatic carbocycles. The van der Waals surface area contributed by atoms with Gasteiger partial charge in [-0.15, -0.1) is 42.4 Å². The minimum absolute atomic E-state index is 0. The summed E-state index contributed by atoms with van der Waals surface area (Å²) in [6.45, 7) is 22.6. The van der Waals surface area contributed by atoms with Crippen molar-refractivity contribution in [3.8, 4) is 11.1 Å². The maximum Gasteiger partial charge on any atom is -0.109 e. The van der Waals surface area contributed by atoms with E-state index in [9.17, 15) is 0 Å². The first kappa shape index (κ1) is 41.9. The smallest absolute Gasteiger partial charge is 0.109 e. The van der Waals surface area contributed by atoms with Crippen molar-refractivity contribution in [1.82, 2.24) is 0 Å². The molecule has 0 aliphatic heterocycles. The summed E-state index contributed by atoms with van der Waals surface area (Å²) in [6, 6.07) is 33.2. The topological polar surface area (TPSA) is 0 Å². The Hall–Kier alpha value is -2.31. The fourth-order valence-corrected chi connectivity index (χ4v) is 6.42. The number of rotatable bonds is 4. The number of hydrogen-bond donors (Lipinski definition) is 0. The molecule has 48 heavy (non-hydrogen) atoms. The van der Waals surface area contributed by atoms with Gasteiger partial charge >= 0.3 is 138 Å². The fraction of sp³-hybridized carbons (Fsp3) is 0.356. The normalized spacial score (nSPS) is 12.6. The summed E-state index contributed by atoms with van der Waals surface area (Å²) in [5.41, 5.74) is 14.2. The van der Waals surface area contributed by atoms with Crippen LogP contribution in [-0.2, 0) is 41.5 Å². The summed E-state index contributed by atoms with van der Waals surface area (Å²) in [7, 11) is 0. The van der Waals surface area contributed by atoms with Gasteiger partial charge < -0.3 is 0 Å². The molecule has 0 saturated carbocycles. The van der Waals surface area contributed by atoms with E-state index in [0.717, 1.165) is 12.8 Å². The summed E-state index contributed by atoms with van der Waals surface area (Å²) in [6.07, 6.45) is 11.0. The maximum absolute atomic E-state index is 3.67. The predicted molar refractivity (Wildman–Crippen MR) is 211 cm³/mol. The van der Waals surface area contributed by atoms with Gasteiger partial charge in [0.05, 0.1) is 0 Å². The first-order chi connectivity index (χ1) is 21.6. The molecule has 0 heterocycles. The molecule has 0 amide bonds. The van der Waals surface area contributed by atoms with E-state index < -0.39 is 0 Å². The van der Waals surface area contributed by atoms with Crippen LogP contribution in [0.5, 0.6) is 0 Å². The maximum atomic E-state index is 3.67. The van der Waals surface area contributed by atoms with Crippen molar-refractivity contribution in [2.45, 2.75) is 105 Å². The molecule has 6 rings (SSSR count). The van der Waals surface area contributed by atoms with Crippen molar-refractivity contribution in [1.29, 1.82) is 0 Å². The first-order valence-electron chi connectivity index (χ1n) is 16.9. The Morgan fingerprint density at radius 1 is 0.667 bits per heavy atom. The van der Waals surface area contributed by atoms with Crippen LogP contribution in [0.15, 0.2) is 97.1 Å². The number of hydrogen-bond acceptors (Lipinski definition) is 0. The van der Waals surface area contributed by atoms with Crippen LogP contribution in [0.3, 0.4) is 0 Å². The standard InChI is InChI=1S/C21H25.C19H22.C5H5.2ClH.Zr/c1-20(2,3)16-7-9-18-14(12-16)11-15-13-17(21(4,5)6)8-10-19(15)18;1-14(2)18-9-5-16(6-10-18)13-17-7-11-19(12-8-17)15(3)4;1-2-4-5-3-1;;;/h7-10,12H,11H2,1-6H3;5-12,14-15H,1-4H3;1-3H,4H2;2*1H;/q-1;;-1;;;+2. The van der Waals surface area contributed by atoms with Gasteiger partial charge in [-0.25, -0.2) is 12.2 Å². The van der Waals surface area contributed by atoms with E-state index in [1.54, 1.807) is 0 Å². The average Bonchev–Trinajstić information content (AvgIpc) is 3.72. The third kappa shape index (κ3) is 11.1. The average molecular weight is 757 g/mol. The van der Waals surface area contributed by atoms with Crippen LogP contribution >= 0.6 is 24.8 Å². The molecule has 0 aromatic heterocycles. The SMILES string of the molecule is CC(C)(C)c1[c-]c2c(cc1)-c1ccc(C(C)(C)C)cc1C2.CC(C)c1ccc([C](=[Zr+2])c2ccc(C(C)C)cc2)cc1.Cl.Cl.[C-]1=CC=CC1. The second-order valence-corrected chi connectivity index (χ2v) is 16.5. The van der Waals surface area contributed by atoms with E-state index in [-0.39, 0.29) is 35.6 Å². The molecule has 0 nitrogen and oxygen atoms in total. The van der Waals surface area contributed by atoms with Gasteiger partial charge in [-0.05, 0) is 28.4 Å². The minimum atomic E-state index is 0. The molecule has 4 aromatic rings. The van der Waals surface area contributed by atoms with Gasteiger partial charge in [0.25, 0.3) is 0 Å².